The van der Waals surface area contributed by atoms with Crippen LogP contribution in [0.25, 0.3) is 0 Å². The lowest BCUT2D eigenvalue weighted by atomic mass is 10.1. The van der Waals surface area contributed by atoms with Crippen molar-refractivity contribution in [2.75, 3.05) is 53.0 Å². The van der Waals surface area contributed by atoms with Gasteiger partial charge in [0.15, 0.2) is 5.96 Å². The minimum absolute atomic E-state index is 0. The predicted octanol–water partition coefficient (Wildman–Crippen LogP) is 3.35. The molecular formula is C23H39IN4O2. The Morgan fingerprint density at radius 1 is 1.33 bits per heavy atom. The standard InChI is InChI=1S/C23H38N4O2.HI/c1-4-24-23(26(3)10-12-28-18-20-8-9-20)25-15-21-6-5-7-22(14-21)17-27-11-13-29-19(2)16-27;/h5-7,14,19-20H,4,8-13,15-18H2,1-3H3,(H,24,25);1H. The zero-order valence-corrected chi connectivity index (χ0v) is 21.1. The second kappa shape index (κ2) is 13.5. The molecule has 7 heteroatoms. The zero-order valence-electron chi connectivity index (χ0n) is 18.8. The third-order valence-corrected chi connectivity index (χ3v) is 5.45. The lowest BCUT2D eigenvalue weighted by Crippen LogP contribution is -2.40. The van der Waals surface area contributed by atoms with Crippen molar-refractivity contribution in [3.05, 3.63) is 35.4 Å². The molecule has 0 bridgehead atoms. The molecule has 1 aliphatic carbocycles. The average molecular weight is 530 g/mol. The number of ether oxygens (including phenoxy) is 2. The van der Waals surface area contributed by atoms with E-state index in [1.807, 2.05) is 0 Å². The van der Waals surface area contributed by atoms with Crippen molar-refractivity contribution in [2.45, 2.75) is 45.9 Å². The van der Waals surface area contributed by atoms with E-state index >= 15 is 0 Å². The van der Waals surface area contributed by atoms with E-state index in [2.05, 4.69) is 60.3 Å². The number of likely N-dealkylation sites (N-methyl/N-ethyl adjacent to an activating group) is 1. The summed E-state index contributed by atoms with van der Waals surface area (Å²) in [5.74, 6) is 1.75. The van der Waals surface area contributed by atoms with Crippen LogP contribution in [-0.2, 0) is 22.6 Å². The second-order valence-corrected chi connectivity index (χ2v) is 8.35. The fourth-order valence-corrected chi connectivity index (χ4v) is 3.60. The van der Waals surface area contributed by atoms with Crippen LogP contribution in [0.2, 0.25) is 0 Å². The third kappa shape index (κ3) is 9.08. The summed E-state index contributed by atoms with van der Waals surface area (Å²) in [6.07, 6.45) is 3.00. The Morgan fingerprint density at radius 2 is 2.13 bits per heavy atom. The minimum atomic E-state index is 0. The molecule has 6 nitrogen and oxygen atoms in total. The number of benzene rings is 1. The number of nitrogens with zero attached hydrogens (tertiary/aromatic N) is 3. The molecule has 3 rings (SSSR count). The van der Waals surface area contributed by atoms with Crippen LogP contribution in [0.3, 0.4) is 0 Å². The van der Waals surface area contributed by atoms with Crippen LogP contribution in [0.15, 0.2) is 29.3 Å². The van der Waals surface area contributed by atoms with Crippen molar-refractivity contribution in [1.29, 1.82) is 0 Å². The quantitative estimate of drug-likeness (QED) is 0.218. The molecule has 1 aromatic rings. The van der Waals surface area contributed by atoms with Crippen LogP contribution in [0, 0.1) is 5.92 Å². The van der Waals surface area contributed by atoms with Gasteiger partial charge in [-0.05, 0) is 43.7 Å². The fraction of sp³-hybridized carbons (Fsp3) is 0.696. The molecule has 1 N–H and O–H groups in total. The number of aliphatic imine (C=N–C) groups is 1. The van der Waals surface area contributed by atoms with Gasteiger partial charge in [0.1, 0.15) is 0 Å². The number of morpholine rings is 1. The number of rotatable bonds is 10. The first-order valence-electron chi connectivity index (χ1n) is 11.1. The smallest absolute Gasteiger partial charge is 0.194 e. The van der Waals surface area contributed by atoms with E-state index in [-0.39, 0.29) is 24.0 Å². The normalized spacial score (nSPS) is 20.0. The molecule has 1 unspecified atom stereocenters. The molecule has 1 saturated carbocycles. The van der Waals surface area contributed by atoms with Crippen LogP contribution < -0.4 is 5.32 Å². The zero-order chi connectivity index (χ0) is 20.5. The summed E-state index contributed by atoms with van der Waals surface area (Å²) in [5.41, 5.74) is 2.59. The molecule has 30 heavy (non-hydrogen) atoms. The van der Waals surface area contributed by atoms with Gasteiger partial charge in [0, 0.05) is 46.4 Å². The molecule has 0 amide bonds. The molecular weight excluding hydrogens is 491 g/mol. The van der Waals surface area contributed by atoms with Crippen molar-refractivity contribution in [3.8, 4) is 0 Å². The van der Waals surface area contributed by atoms with Crippen LogP contribution in [0.5, 0.6) is 0 Å². The van der Waals surface area contributed by atoms with Gasteiger partial charge in [-0.25, -0.2) is 4.99 Å². The average Bonchev–Trinajstić information content (AvgIpc) is 3.53. The molecule has 1 aliphatic heterocycles. The maximum Gasteiger partial charge on any atom is 0.194 e. The largest absolute Gasteiger partial charge is 0.379 e. The fourth-order valence-electron chi connectivity index (χ4n) is 3.60. The van der Waals surface area contributed by atoms with E-state index in [1.54, 1.807) is 0 Å². The summed E-state index contributed by atoms with van der Waals surface area (Å²) in [6.45, 7) is 12.1. The molecule has 170 valence electrons. The van der Waals surface area contributed by atoms with Crippen LogP contribution in [0.1, 0.15) is 37.8 Å². The molecule has 0 radical (unpaired) electrons. The predicted molar refractivity (Wildman–Crippen MR) is 134 cm³/mol. The summed E-state index contributed by atoms with van der Waals surface area (Å²) in [7, 11) is 2.08. The Labute approximate surface area is 199 Å². The van der Waals surface area contributed by atoms with E-state index in [0.717, 1.165) is 64.4 Å². The maximum atomic E-state index is 5.78. The highest BCUT2D eigenvalue weighted by Crippen LogP contribution is 2.28. The van der Waals surface area contributed by atoms with Gasteiger partial charge in [-0.3, -0.25) is 4.90 Å². The van der Waals surface area contributed by atoms with Crippen molar-refractivity contribution in [3.63, 3.8) is 0 Å². The highest BCUT2D eigenvalue weighted by molar-refractivity contribution is 14.0. The summed E-state index contributed by atoms with van der Waals surface area (Å²) >= 11 is 0. The first-order valence-corrected chi connectivity index (χ1v) is 11.1. The summed E-state index contributed by atoms with van der Waals surface area (Å²) in [6, 6.07) is 8.80. The summed E-state index contributed by atoms with van der Waals surface area (Å²) in [4.78, 5) is 9.48. The van der Waals surface area contributed by atoms with E-state index in [0.29, 0.717) is 12.6 Å². The molecule has 0 spiro atoms. The SMILES string of the molecule is CCNC(=NCc1cccc(CN2CCOC(C)C2)c1)N(C)CCOCC1CC1.I. The van der Waals surface area contributed by atoms with Crippen molar-refractivity contribution in [2.24, 2.45) is 10.9 Å². The van der Waals surface area contributed by atoms with E-state index < -0.39 is 0 Å². The number of guanidine groups is 1. The van der Waals surface area contributed by atoms with Gasteiger partial charge in [0.25, 0.3) is 0 Å². The summed E-state index contributed by atoms with van der Waals surface area (Å²) in [5, 5.41) is 3.40. The van der Waals surface area contributed by atoms with E-state index in [9.17, 15) is 0 Å². The second-order valence-electron chi connectivity index (χ2n) is 8.35. The van der Waals surface area contributed by atoms with Gasteiger partial charge in [0.05, 0.1) is 25.9 Å². The Hall–Kier alpha value is -0.900. The monoisotopic (exact) mass is 530 g/mol. The summed E-state index contributed by atoms with van der Waals surface area (Å²) < 4.78 is 11.4. The number of nitrogens with one attached hydrogen (secondary N) is 1. The number of halogens is 1. The van der Waals surface area contributed by atoms with E-state index in [1.165, 1.54) is 24.0 Å². The lowest BCUT2D eigenvalue weighted by Gasteiger charge is -2.31. The topological polar surface area (TPSA) is 49.3 Å². The van der Waals surface area contributed by atoms with Gasteiger partial charge in [-0.2, -0.15) is 0 Å². The van der Waals surface area contributed by atoms with Crippen LogP contribution >= 0.6 is 24.0 Å². The minimum Gasteiger partial charge on any atom is -0.379 e. The number of hydrogen-bond acceptors (Lipinski definition) is 4. The van der Waals surface area contributed by atoms with Crippen LogP contribution in [-0.4, -0.2) is 74.9 Å². The molecule has 2 fully saturated rings. The number of hydrogen-bond donors (Lipinski definition) is 1. The highest BCUT2D eigenvalue weighted by atomic mass is 127. The highest BCUT2D eigenvalue weighted by Gasteiger charge is 2.21. The Kier molecular flexibility index (Phi) is 11.4. The first kappa shape index (κ1) is 25.4. The van der Waals surface area contributed by atoms with Crippen molar-refractivity contribution >= 4 is 29.9 Å². The van der Waals surface area contributed by atoms with Gasteiger partial charge in [-0.1, -0.05) is 24.3 Å². The van der Waals surface area contributed by atoms with Gasteiger partial charge in [-0.15, -0.1) is 24.0 Å². The van der Waals surface area contributed by atoms with Crippen LogP contribution in [0.4, 0.5) is 0 Å². The molecule has 1 aromatic carbocycles. The molecule has 1 atom stereocenters. The van der Waals surface area contributed by atoms with Gasteiger partial charge >= 0.3 is 0 Å². The molecule has 0 aromatic heterocycles. The lowest BCUT2D eigenvalue weighted by molar-refractivity contribution is -0.0212. The Morgan fingerprint density at radius 3 is 2.87 bits per heavy atom. The molecule has 1 heterocycles. The van der Waals surface area contributed by atoms with Gasteiger partial charge < -0.3 is 19.7 Å². The third-order valence-electron chi connectivity index (χ3n) is 5.45. The van der Waals surface area contributed by atoms with Crippen molar-refractivity contribution in [1.82, 2.24) is 15.1 Å². The van der Waals surface area contributed by atoms with Crippen molar-refractivity contribution < 1.29 is 9.47 Å². The first-order chi connectivity index (χ1) is 14.1. The van der Waals surface area contributed by atoms with Gasteiger partial charge in [0.2, 0.25) is 0 Å². The maximum absolute atomic E-state index is 5.78. The molecule has 2 aliphatic rings. The van der Waals surface area contributed by atoms with E-state index in [4.69, 9.17) is 14.5 Å². The molecule has 1 saturated heterocycles. The Bertz CT molecular complexity index is 654. The Balaban J connectivity index is 0.00000320.